The van der Waals surface area contributed by atoms with Gasteiger partial charge in [-0.2, -0.15) is 15.3 Å². The summed E-state index contributed by atoms with van der Waals surface area (Å²) in [4.78, 5) is 4.48. The summed E-state index contributed by atoms with van der Waals surface area (Å²) in [6.45, 7) is 8.27. The first-order chi connectivity index (χ1) is 14.4. The van der Waals surface area contributed by atoms with Gasteiger partial charge in [0.15, 0.2) is 5.65 Å². The highest BCUT2D eigenvalue weighted by atomic mass is 19.1. The first kappa shape index (κ1) is 19.1. The van der Waals surface area contributed by atoms with Gasteiger partial charge in [0.1, 0.15) is 5.82 Å². The van der Waals surface area contributed by atoms with Crippen LogP contribution in [-0.4, -0.2) is 36.9 Å². The molecule has 4 heterocycles. The molecule has 0 aliphatic carbocycles. The highest BCUT2D eigenvalue weighted by molar-refractivity contribution is 5.84. The molecular formula is C23H25FN6. The molecule has 3 aromatic heterocycles. The molecule has 1 aliphatic heterocycles. The molecule has 0 unspecified atom stereocenters. The Hall–Kier alpha value is -2.93. The molecule has 7 heteroatoms. The molecule has 0 amide bonds. The predicted molar refractivity (Wildman–Crippen MR) is 115 cm³/mol. The van der Waals surface area contributed by atoms with E-state index in [-0.39, 0.29) is 5.82 Å². The van der Waals surface area contributed by atoms with E-state index in [9.17, 15) is 0 Å². The van der Waals surface area contributed by atoms with Crippen molar-refractivity contribution in [3.8, 4) is 11.3 Å². The van der Waals surface area contributed by atoms with Crippen LogP contribution in [0.5, 0.6) is 0 Å². The van der Waals surface area contributed by atoms with Gasteiger partial charge in [-0.25, -0.2) is 13.9 Å². The molecule has 1 N–H and O–H groups in total. The van der Waals surface area contributed by atoms with E-state index in [1.807, 2.05) is 38.2 Å². The lowest BCUT2D eigenvalue weighted by Crippen LogP contribution is -2.41. The van der Waals surface area contributed by atoms with Crippen molar-refractivity contribution in [2.75, 3.05) is 0 Å². The normalized spacial score (nSPS) is 22.1. The fourth-order valence-electron chi connectivity index (χ4n) is 4.66. The number of fused-ring (bicyclic) bond motifs is 2. The van der Waals surface area contributed by atoms with E-state index >= 15 is 4.39 Å². The van der Waals surface area contributed by atoms with Gasteiger partial charge in [-0.3, -0.25) is 0 Å². The number of nitrogens with zero attached hydrogens (tertiary/aromatic N) is 5. The number of nitrogens with one attached hydrogen (secondary N) is 1. The monoisotopic (exact) mass is 404 g/mol. The summed E-state index contributed by atoms with van der Waals surface area (Å²) in [5.74, 6) is -0.00141. The Kier molecular flexibility index (Phi) is 4.50. The zero-order chi connectivity index (χ0) is 21.0. The number of benzene rings is 1. The van der Waals surface area contributed by atoms with Gasteiger partial charge in [0.05, 0.1) is 28.8 Å². The van der Waals surface area contributed by atoms with Gasteiger partial charge in [-0.1, -0.05) is 0 Å². The van der Waals surface area contributed by atoms with Crippen molar-refractivity contribution >= 4 is 16.6 Å². The predicted octanol–water partition coefficient (Wildman–Crippen LogP) is 4.34. The summed E-state index contributed by atoms with van der Waals surface area (Å²) in [7, 11) is 0. The van der Waals surface area contributed by atoms with E-state index in [1.54, 1.807) is 10.6 Å². The van der Waals surface area contributed by atoms with E-state index < -0.39 is 0 Å². The van der Waals surface area contributed by atoms with E-state index in [1.165, 1.54) is 0 Å². The van der Waals surface area contributed by atoms with Gasteiger partial charge in [-0.15, -0.1) is 0 Å². The third-order valence-electron chi connectivity index (χ3n) is 5.96. The number of hydrogen-bond donors (Lipinski definition) is 1. The molecule has 0 spiro atoms. The maximum atomic E-state index is 15.1. The number of imidazole rings is 1. The van der Waals surface area contributed by atoms with Crippen LogP contribution >= 0.6 is 0 Å². The second-order valence-corrected chi connectivity index (χ2v) is 8.66. The quantitative estimate of drug-likeness (QED) is 0.538. The summed E-state index contributed by atoms with van der Waals surface area (Å²) >= 11 is 0. The summed E-state index contributed by atoms with van der Waals surface area (Å²) < 4.78 is 16.9. The van der Waals surface area contributed by atoms with Gasteiger partial charge in [0, 0.05) is 29.0 Å². The lowest BCUT2D eigenvalue weighted by molar-refractivity contribution is 0.312. The summed E-state index contributed by atoms with van der Waals surface area (Å²) in [5.41, 5.74) is 5.49. The topological polar surface area (TPSA) is 68.0 Å². The largest absolute Gasteiger partial charge is 0.312 e. The minimum atomic E-state index is -0.296. The highest BCUT2D eigenvalue weighted by Crippen LogP contribution is 2.32. The molecule has 154 valence electrons. The second-order valence-electron chi connectivity index (χ2n) is 8.66. The smallest absolute Gasteiger partial charge is 0.156 e. The van der Waals surface area contributed by atoms with Crippen molar-refractivity contribution in [3.63, 3.8) is 0 Å². The molecule has 1 aromatic carbocycles. The molecule has 0 radical (unpaired) electrons. The average Bonchev–Trinajstić information content (AvgIpc) is 3.08. The first-order valence-electron chi connectivity index (χ1n) is 10.4. The Labute approximate surface area is 174 Å². The Morgan fingerprint density at radius 1 is 1.03 bits per heavy atom. The molecule has 1 aliphatic rings. The van der Waals surface area contributed by atoms with Crippen LogP contribution in [0.3, 0.4) is 0 Å². The van der Waals surface area contributed by atoms with Crippen LogP contribution in [-0.2, 0) is 0 Å². The number of aryl methyl sites for hydroxylation is 2. The molecule has 0 bridgehead atoms. The van der Waals surface area contributed by atoms with Crippen molar-refractivity contribution in [2.24, 2.45) is 0 Å². The maximum Gasteiger partial charge on any atom is 0.156 e. The summed E-state index contributed by atoms with van der Waals surface area (Å²) in [5, 5.41) is 17.5. The van der Waals surface area contributed by atoms with E-state index in [2.05, 4.69) is 39.4 Å². The fourth-order valence-corrected chi connectivity index (χ4v) is 4.66. The molecule has 1 fully saturated rings. The number of halogens is 1. The van der Waals surface area contributed by atoms with Crippen molar-refractivity contribution in [1.29, 1.82) is 0 Å². The van der Waals surface area contributed by atoms with Crippen LogP contribution in [0.25, 0.3) is 27.8 Å². The van der Waals surface area contributed by atoms with Gasteiger partial charge < -0.3 is 5.32 Å². The fraction of sp³-hybridized carbons (Fsp3) is 0.391. The lowest BCUT2D eigenvalue weighted by Gasteiger charge is -2.32. The van der Waals surface area contributed by atoms with Crippen LogP contribution in [0.2, 0.25) is 0 Å². The molecule has 5 rings (SSSR count). The third-order valence-corrected chi connectivity index (χ3v) is 5.96. The highest BCUT2D eigenvalue weighted by Gasteiger charge is 2.26. The zero-order valence-electron chi connectivity index (χ0n) is 17.6. The van der Waals surface area contributed by atoms with Gasteiger partial charge in [0.2, 0.25) is 0 Å². The number of rotatable bonds is 2. The number of aromatic nitrogens is 5. The SMILES string of the molecule is Cc1cn2nc(-c3cc(F)c4cc(C5C[C@H](C)N[C@@H](C)C5)nnc4c3)cc(C)c2n1. The lowest BCUT2D eigenvalue weighted by atomic mass is 9.86. The molecule has 0 saturated carbocycles. The van der Waals surface area contributed by atoms with E-state index in [4.69, 9.17) is 0 Å². The molecular weight excluding hydrogens is 379 g/mol. The maximum absolute atomic E-state index is 15.1. The van der Waals surface area contributed by atoms with Crippen LogP contribution < -0.4 is 5.32 Å². The van der Waals surface area contributed by atoms with Crippen LogP contribution in [0.1, 0.15) is 49.6 Å². The van der Waals surface area contributed by atoms with Crippen LogP contribution in [0.15, 0.2) is 30.5 Å². The summed E-state index contributed by atoms with van der Waals surface area (Å²) in [6.07, 6.45) is 3.84. The Morgan fingerprint density at radius 3 is 2.57 bits per heavy atom. The van der Waals surface area contributed by atoms with Crippen molar-refractivity contribution in [2.45, 2.75) is 58.5 Å². The Bertz CT molecular complexity index is 1250. The third kappa shape index (κ3) is 3.33. The minimum Gasteiger partial charge on any atom is -0.312 e. The molecule has 4 aromatic rings. The van der Waals surface area contributed by atoms with Gasteiger partial charge in [-0.05, 0) is 70.4 Å². The Morgan fingerprint density at radius 2 is 1.80 bits per heavy atom. The zero-order valence-corrected chi connectivity index (χ0v) is 17.6. The van der Waals surface area contributed by atoms with Gasteiger partial charge >= 0.3 is 0 Å². The standard InChI is InChI=1S/C23H25FN6/c1-12-5-21(29-30-11-15(4)26-23(12)30)17-8-19(24)18-10-20(27-28-22(18)9-17)16-6-13(2)25-14(3)7-16/h5,8-11,13-14,16,25H,6-7H2,1-4H3/t13-,14-/m0/s1. The van der Waals surface area contributed by atoms with E-state index in [0.717, 1.165) is 35.4 Å². The molecule has 30 heavy (non-hydrogen) atoms. The summed E-state index contributed by atoms with van der Waals surface area (Å²) in [6, 6.07) is 8.04. The minimum absolute atomic E-state index is 0.295. The molecule has 1 saturated heterocycles. The first-order valence-corrected chi connectivity index (χ1v) is 10.4. The van der Waals surface area contributed by atoms with Crippen molar-refractivity contribution in [1.82, 2.24) is 30.1 Å². The number of piperidine rings is 1. The molecule has 2 atom stereocenters. The van der Waals surface area contributed by atoms with Crippen molar-refractivity contribution in [3.05, 3.63) is 53.2 Å². The molecule has 6 nitrogen and oxygen atoms in total. The second kappa shape index (κ2) is 7.09. The Balaban J connectivity index is 1.56. The number of hydrogen-bond acceptors (Lipinski definition) is 5. The van der Waals surface area contributed by atoms with Crippen LogP contribution in [0, 0.1) is 19.7 Å². The van der Waals surface area contributed by atoms with Crippen LogP contribution in [0.4, 0.5) is 4.39 Å². The van der Waals surface area contributed by atoms with E-state index in [0.29, 0.717) is 40.2 Å². The average molecular weight is 404 g/mol. The van der Waals surface area contributed by atoms with Crippen molar-refractivity contribution < 1.29 is 4.39 Å². The van der Waals surface area contributed by atoms with Gasteiger partial charge in [0.25, 0.3) is 0 Å².